The van der Waals surface area contributed by atoms with E-state index >= 15 is 0 Å². The van der Waals surface area contributed by atoms with Gasteiger partial charge in [0, 0.05) is 23.8 Å². The zero-order chi connectivity index (χ0) is 13.9. The fourth-order valence-electron chi connectivity index (χ4n) is 2.59. The van der Waals surface area contributed by atoms with E-state index in [2.05, 4.69) is 15.6 Å². The zero-order valence-corrected chi connectivity index (χ0v) is 11.1. The molecule has 20 heavy (non-hydrogen) atoms. The lowest BCUT2D eigenvalue weighted by atomic mass is 9.98. The van der Waals surface area contributed by atoms with Crippen LogP contribution in [0, 0.1) is 5.92 Å². The molecule has 0 radical (unpaired) electrons. The maximum Gasteiger partial charge on any atom is 0.255 e. The molecule has 1 aliphatic heterocycles. The summed E-state index contributed by atoms with van der Waals surface area (Å²) in [6.45, 7) is 1.72. The van der Waals surface area contributed by atoms with Gasteiger partial charge in [0.1, 0.15) is 0 Å². The average molecular weight is 271 g/mol. The molecule has 1 aromatic carbocycles. The fourth-order valence-corrected chi connectivity index (χ4v) is 2.59. The topological polar surface area (TPSA) is 74.0 Å². The Morgan fingerprint density at radius 1 is 1.30 bits per heavy atom. The van der Waals surface area contributed by atoms with Crippen LogP contribution in [0.1, 0.15) is 12.8 Å². The molecule has 5 heteroatoms. The number of amides is 1. The molecule has 1 atom stereocenters. The Morgan fingerprint density at radius 3 is 3.00 bits per heavy atom. The standard InChI is InChI=1S/C15H17N3O2/c19-14(11-2-1-6-16-9-11)18-12-3-4-13-10(8-12)5-7-17-15(13)20/h3-5,7-8,11,16H,1-2,6,9H2,(H,17,20)(H,18,19)/t11-/m1/s1. The van der Waals surface area contributed by atoms with Gasteiger partial charge in [-0.15, -0.1) is 0 Å². The van der Waals surface area contributed by atoms with Crippen molar-refractivity contribution in [2.75, 3.05) is 18.4 Å². The Hall–Kier alpha value is -2.14. The van der Waals surface area contributed by atoms with Gasteiger partial charge in [0.05, 0.1) is 5.92 Å². The van der Waals surface area contributed by atoms with Crippen molar-refractivity contribution in [3.05, 3.63) is 40.8 Å². The lowest BCUT2D eigenvalue weighted by Gasteiger charge is -2.21. The lowest BCUT2D eigenvalue weighted by Crippen LogP contribution is -2.37. The van der Waals surface area contributed by atoms with Gasteiger partial charge in [0.15, 0.2) is 0 Å². The summed E-state index contributed by atoms with van der Waals surface area (Å²) in [5.41, 5.74) is 0.621. The molecule has 1 aliphatic rings. The second-order valence-corrected chi connectivity index (χ2v) is 5.14. The van der Waals surface area contributed by atoms with Crippen LogP contribution < -0.4 is 16.2 Å². The monoisotopic (exact) mass is 271 g/mol. The first-order chi connectivity index (χ1) is 9.74. The van der Waals surface area contributed by atoms with E-state index in [1.165, 1.54) is 0 Å². The van der Waals surface area contributed by atoms with Gasteiger partial charge in [0.2, 0.25) is 5.91 Å². The third-order valence-electron chi connectivity index (χ3n) is 3.71. The van der Waals surface area contributed by atoms with Crippen molar-refractivity contribution in [1.82, 2.24) is 10.3 Å². The Morgan fingerprint density at radius 2 is 2.20 bits per heavy atom. The third-order valence-corrected chi connectivity index (χ3v) is 3.71. The number of aromatic amines is 1. The summed E-state index contributed by atoms with van der Waals surface area (Å²) in [6, 6.07) is 7.17. The number of nitrogens with one attached hydrogen (secondary N) is 3. The molecule has 5 nitrogen and oxygen atoms in total. The highest BCUT2D eigenvalue weighted by Crippen LogP contribution is 2.18. The van der Waals surface area contributed by atoms with Gasteiger partial charge in [-0.05, 0) is 49.0 Å². The van der Waals surface area contributed by atoms with Crippen molar-refractivity contribution in [2.45, 2.75) is 12.8 Å². The van der Waals surface area contributed by atoms with Gasteiger partial charge in [-0.1, -0.05) is 0 Å². The van der Waals surface area contributed by atoms with Gasteiger partial charge in [-0.25, -0.2) is 0 Å². The first-order valence-corrected chi connectivity index (χ1v) is 6.87. The number of anilines is 1. The van der Waals surface area contributed by atoms with Crippen molar-refractivity contribution in [3.63, 3.8) is 0 Å². The number of pyridine rings is 1. The molecule has 2 heterocycles. The molecule has 1 amide bonds. The molecule has 0 bridgehead atoms. The molecule has 0 spiro atoms. The summed E-state index contributed by atoms with van der Waals surface area (Å²) >= 11 is 0. The maximum absolute atomic E-state index is 12.2. The number of H-pyrrole nitrogens is 1. The zero-order valence-electron chi connectivity index (χ0n) is 11.1. The molecular formula is C15H17N3O2. The SMILES string of the molecule is O=C(Nc1ccc2c(=O)[nH]ccc2c1)[C@@H]1CCCNC1. The number of fused-ring (bicyclic) bond motifs is 1. The molecule has 0 saturated carbocycles. The van der Waals surface area contributed by atoms with Crippen LogP contribution in [0.3, 0.4) is 0 Å². The summed E-state index contributed by atoms with van der Waals surface area (Å²) in [5, 5.41) is 7.62. The van der Waals surface area contributed by atoms with E-state index in [1.807, 2.05) is 12.1 Å². The Labute approximate surface area is 116 Å². The van der Waals surface area contributed by atoms with Crippen LogP contribution >= 0.6 is 0 Å². The summed E-state index contributed by atoms with van der Waals surface area (Å²) in [6.07, 6.45) is 3.57. The molecule has 1 fully saturated rings. The average Bonchev–Trinajstić information content (AvgIpc) is 2.48. The van der Waals surface area contributed by atoms with Crippen molar-refractivity contribution in [3.8, 4) is 0 Å². The third kappa shape index (κ3) is 2.58. The second kappa shape index (κ2) is 5.46. The second-order valence-electron chi connectivity index (χ2n) is 5.14. The summed E-state index contributed by atoms with van der Waals surface area (Å²) in [4.78, 5) is 26.4. The summed E-state index contributed by atoms with van der Waals surface area (Å²) < 4.78 is 0. The molecule has 3 rings (SSSR count). The molecule has 104 valence electrons. The number of rotatable bonds is 2. The van der Waals surface area contributed by atoms with Gasteiger partial charge < -0.3 is 15.6 Å². The van der Waals surface area contributed by atoms with Gasteiger partial charge in [-0.3, -0.25) is 9.59 Å². The maximum atomic E-state index is 12.2. The van der Waals surface area contributed by atoms with Crippen LogP contribution in [0.4, 0.5) is 5.69 Å². The number of carbonyl (C=O) groups is 1. The van der Waals surface area contributed by atoms with E-state index < -0.39 is 0 Å². The predicted octanol–water partition coefficient (Wildman–Crippen LogP) is 1.47. The number of hydrogen-bond acceptors (Lipinski definition) is 3. The van der Waals surface area contributed by atoms with Crippen LogP contribution in [-0.4, -0.2) is 24.0 Å². The van der Waals surface area contributed by atoms with E-state index in [9.17, 15) is 9.59 Å². The molecule has 1 aromatic heterocycles. The Balaban J connectivity index is 1.80. The molecule has 3 N–H and O–H groups in total. The lowest BCUT2D eigenvalue weighted by molar-refractivity contribution is -0.120. The van der Waals surface area contributed by atoms with Crippen molar-refractivity contribution in [1.29, 1.82) is 0 Å². The number of benzene rings is 1. The number of piperidine rings is 1. The summed E-state index contributed by atoms with van der Waals surface area (Å²) in [5.74, 6) is 0.0695. The molecule has 1 saturated heterocycles. The Kier molecular flexibility index (Phi) is 3.52. The molecule has 0 unspecified atom stereocenters. The van der Waals surface area contributed by atoms with Crippen molar-refractivity contribution < 1.29 is 4.79 Å². The van der Waals surface area contributed by atoms with Gasteiger partial charge in [0.25, 0.3) is 5.56 Å². The first kappa shape index (κ1) is 12.9. The van der Waals surface area contributed by atoms with E-state index in [-0.39, 0.29) is 17.4 Å². The Bertz CT molecular complexity index is 687. The van der Waals surface area contributed by atoms with Gasteiger partial charge >= 0.3 is 0 Å². The highest BCUT2D eigenvalue weighted by Gasteiger charge is 2.20. The van der Waals surface area contributed by atoms with E-state index in [4.69, 9.17) is 0 Å². The molecular weight excluding hydrogens is 254 g/mol. The predicted molar refractivity (Wildman–Crippen MR) is 78.8 cm³/mol. The summed E-state index contributed by atoms with van der Waals surface area (Å²) in [7, 11) is 0. The minimum Gasteiger partial charge on any atom is -0.329 e. The first-order valence-electron chi connectivity index (χ1n) is 6.87. The molecule has 0 aliphatic carbocycles. The van der Waals surface area contributed by atoms with E-state index in [0.29, 0.717) is 5.39 Å². The number of hydrogen-bond donors (Lipinski definition) is 3. The number of aromatic nitrogens is 1. The van der Waals surface area contributed by atoms with Crippen LogP contribution in [-0.2, 0) is 4.79 Å². The minimum absolute atomic E-state index is 0.0265. The highest BCUT2D eigenvalue weighted by molar-refractivity contribution is 5.95. The van der Waals surface area contributed by atoms with E-state index in [1.54, 1.807) is 18.3 Å². The van der Waals surface area contributed by atoms with Crippen LogP contribution in [0.2, 0.25) is 0 Å². The van der Waals surface area contributed by atoms with Crippen molar-refractivity contribution >= 4 is 22.4 Å². The van der Waals surface area contributed by atoms with Crippen LogP contribution in [0.25, 0.3) is 10.8 Å². The smallest absolute Gasteiger partial charge is 0.255 e. The largest absolute Gasteiger partial charge is 0.329 e. The highest BCUT2D eigenvalue weighted by atomic mass is 16.2. The number of carbonyl (C=O) groups excluding carboxylic acids is 1. The van der Waals surface area contributed by atoms with Crippen LogP contribution in [0.15, 0.2) is 35.3 Å². The van der Waals surface area contributed by atoms with Gasteiger partial charge in [-0.2, -0.15) is 0 Å². The van der Waals surface area contributed by atoms with Crippen LogP contribution in [0.5, 0.6) is 0 Å². The normalized spacial score (nSPS) is 18.9. The van der Waals surface area contributed by atoms with E-state index in [0.717, 1.165) is 37.0 Å². The fraction of sp³-hybridized carbons (Fsp3) is 0.333. The quantitative estimate of drug-likeness (QED) is 0.774. The minimum atomic E-state index is -0.114. The molecule has 2 aromatic rings. The van der Waals surface area contributed by atoms with Crippen molar-refractivity contribution in [2.24, 2.45) is 5.92 Å².